The van der Waals surface area contributed by atoms with Crippen molar-refractivity contribution in [3.05, 3.63) is 22.1 Å². The van der Waals surface area contributed by atoms with Gasteiger partial charge in [0.05, 0.1) is 13.2 Å². The maximum atomic E-state index is 12.4. The van der Waals surface area contributed by atoms with E-state index in [1.54, 1.807) is 0 Å². The van der Waals surface area contributed by atoms with Crippen LogP contribution in [0.5, 0.6) is 0 Å². The number of amides is 1. The van der Waals surface area contributed by atoms with Crippen LogP contribution in [0, 0.1) is 0 Å². The molecule has 116 valence electrons. The summed E-state index contributed by atoms with van der Waals surface area (Å²) in [7, 11) is 0. The van der Waals surface area contributed by atoms with Crippen molar-refractivity contribution in [3.8, 4) is 0 Å². The molecule has 1 saturated heterocycles. The molecule has 2 aromatic rings. The third-order valence-corrected chi connectivity index (χ3v) is 4.70. The number of nitrogens with zero attached hydrogens (tertiary/aromatic N) is 4. The monoisotopic (exact) mass is 321 g/mol. The van der Waals surface area contributed by atoms with E-state index in [0.717, 1.165) is 31.1 Å². The zero-order chi connectivity index (χ0) is 15.1. The second kappa shape index (κ2) is 5.33. The Labute approximate surface area is 129 Å². The van der Waals surface area contributed by atoms with Crippen molar-refractivity contribution in [1.29, 1.82) is 0 Å². The lowest BCUT2D eigenvalue weighted by Crippen LogP contribution is -2.36. The molecule has 2 aliphatic rings. The zero-order valence-electron chi connectivity index (χ0n) is 11.8. The molecular formula is C13H15N5O3S. The van der Waals surface area contributed by atoms with Gasteiger partial charge in [0.25, 0.3) is 11.5 Å². The molecule has 8 nitrogen and oxygen atoms in total. The molecule has 1 aliphatic carbocycles. The van der Waals surface area contributed by atoms with Crippen molar-refractivity contribution >= 4 is 27.3 Å². The minimum Gasteiger partial charge on any atom is -0.378 e. The largest absolute Gasteiger partial charge is 0.378 e. The Bertz CT molecular complexity index is 776. The molecule has 0 bridgehead atoms. The number of hydrogen-bond donors (Lipinski definition) is 1. The highest BCUT2D eigenvalue weighted by atomic mass is 32.1. The van der Waals surface area contributed by atoms with Crippen molar-refractivity contribution in [3.63, 3.8) is 0 Å². The van der Waals surface area contributed by atoms with Gasteiger partial charge in [-0.15, -0.1) is 5.10 Å². The summed E-state index contributed by atoms with van der Waals surface area (Å²) in [5.74, 6) is -0.365. The smallest absolute Gasteiger partial charge is 0.288 e. The number of ether oxygens (including phenoxy) is 1. The fourth-order valence-corrected chi connectivity index (χ4v) is 3.22. The van der Waals surface area contributed by atoms with Crippen LogP contribution in [0.2, 0.25) is 0 Å². The van der Waals surface area contributed by atoms with Crippen molar-refractivity contribution < 1.29 is 9.53 Å². The van der Waals surface area contributed by atoms with Crippen LogP contribution in [-0.4, -0.2) is 52.9 Å². The number of rotatable bonds is 3. The van der Waals surface area contributed by atoms with Crippen LogP contribution in [0.1, 0.15) is 23.2 Å². The molecule has 0 spiro atoms. The third kappa shape index (κ3) is 2.46. The summed E-state index contributed by atoms with van der Waals surface area (Å²) < 4.78 is 6.53. The van der Waals surface area contributed by atoms with Crippen LogP contribution in [-0.2, 0) is 4.74 Å². The lowest BCUT2D eigenvalue weighted by Gasteiger charge is -2.25. The molecule has 0 aromatic carbocycles. The molecule has 1 N–H and O–H groups in total. The summed E-state index contributed by atoms with van der Waals surface area (Å²) in [5.41, 5.74) is -0.373. The Balaban J connectivity index is 1.68. The van der Waals surface area contributed by atoms with Gasteiger partial charge in [0.2, 0.25) is 10.1 Å². The molecule has 22 heavy (non-hydrogen) atoms. The van der Waals surface area contributed by atoms with E-state index in [-0.39, 0.29) is 17.5 Å². The Morgan fingerprint density at radius 1 is 1.36 bits per heavy atom. The van der Waals surface area contributed by atoms with E-state index >= 15 is 0 Å². The number of carbonyl (C=O) groups is 1. The first kappa shape index (κ1) is 13.6. The van der Waals surface area contributed by atoms with Crippen molar-refractivity contribution in [2.75, 3.05) is 31.2 Å². The van der Waals surface area contributed by atoms with Crippen LogP contribution in [0.3, 0.4) is 0 Å². The Kier molecular flexibility index (Phi) is 3.30. The normalized spacial score (nSPS) is 18.6. The van der Waals surface area contributed by atoms with Gasteiger partial charge in [0, 0.05) is 25.3 Å². The van der Waals surface area contributed by atoms with Gasteiger partial charge >= 0.3 is 0 Å². The van der Waals surface area contributed by atoms with E-state index in [1.165, 1.54) is 22.0 Å². The predicted molar refractivity (Wildman–Crippen MR) is 80.7 cm³/mol. The number of fused-ring (bicyclic) bond motifs is 1. The number of hydrogen-bond acceptors (Lipinski definition) is 7. The quantitative estimate of drug-likeness (QED) is 0.848. The highest BCUT2D eigenvalue weighted by Crippen LogP contribution is 2.22. The highest BCUT2D eigenvalue weighted by Gasteiger charge is 2.26. The maximum absolute atomic E-state index is 12.4. The van der Waals surface area contributed by atoms with Gasteiger partial charge in [-0.3, -0.25) is 9.59 Å². The molecule has 4 rings (SSSR count). The van der Waals surface area contributed by atoms with Gasteiger partial charge in [0.15, 0.2) is 0 Å². The lowest BCUT2D eigenvalue weighted by atomic mass is 10.3. The Morgan fingerprint density at radius 2 is 2.14 bits per heavy atom. The van der Waals surface area contributed by atoms with Crippen molar-refractivity contribution in [2.24, 2.45) is 0 Å². The molecule has 2 fully saturated rings. The molecule has 9 heteroatoms. The minimum absolute atomic E-state index is 0.0447. The Hall–Kier alpha value is -2.00. The molecular weight excluding hydrogens is 306 g/mol. The minimum atomic E-state index is -0.418. The fourth-order valence-electron chi connectivity index (χ4n) is 2.31. The summed E-state index contributed by atoms with van der Waals surface area (Å²) in [4.78, 5) is 31.2. The first-order valence-electron chi connectivity index (χ1n) is 7.25. The lowest BCUT2D eigenvalue weighted by molar-refractivity contribution is 0.0949. The van der Waals surface area contributed by atoms with Gasteiger partial charge in [0.1, 0.15) is 5.56 Å². The van der Waals surface area contributed by atoms with E-state index < -0.39 is 5.56 Å². The molecule has 3 heterocycles. The van der Waals surface area contributed by atoms with Crippen LogP contribution in [0.25, 0.3) is 4.96 Å². The molecule has 1 saturated carbocycles. The average molecular weight is 321 g/mol. The Morgan fingerprint density at radius 3 is 2.86 bits per heavy atom. The van der Waals surface area contributed by atoms with E-state index in [2.05, 4.69) is 20.3 Å². The summed E-state index contributed by atoms with van der Waals surface area (Å²) in [5, 5.41) is 7.86. The van der Waals surface area contributed by atoms with Crippen molar-refractivity contribution in [2.45, 2.75) is 18.9 Å². The van der Waals surface area contributed by atoms with Crippen LogP contribution >= 0.6 is 11.3 Å². The SMILES string of the molecule is O=C(NC1CC1)c1cnc2sc(N3CCOCC3)nn2c1=O. The second-order valence-corrected chi connectivity index (χ2v) is 6.34. The van der Waals surface area contributed by atoms with Crippen molar-refractivity contribution in [1.82, 2.24) is 19.9 Å². The molecule has 1 amide bonds. The van der Waals surface area contributed by atoms with E-state index in [1.807, 2.05) is 0 Å². The number of anilines is 1. The first-order valence-corrected chi connectivity index (χ1v) is 8.06. The van der Waals surface area contributed by atoms with Gasteiger partial charge < -0.3 is 15.0 Å². The summed E-state index contributed by atoms with van der Waals surface area (Å²) in [6, 6.07) is 0.201. The van der Waals surface area contributed by atoms with Crippen LogP contribution < -0.4 is 15.8 Å². The van der Waals surface area contributed by atoms with Crippen LogP contribution in [0.4, 0.5) is 5.13 Å². The number of aromatic nitrogens is 3. The average Bonchev–Trinajstić information content (AvgIpc) is 3.23. The standard InChI is InChI=1S/C13H15N5O3S/c19-10(15-8-1-2-8)9-7-14-12-18(11(9)20)16-13(22-12)17-3-5-21-6-4-17/h7-8H,1-6H2,(H,15,19). The second-order valence-electron chi connectivity index (χ2n) is 5.40. The predicted octanol–water partition coefficient (Wildman–Crippen LogP) is -0.120. The fraction of sp³-hybridized carbons (Fsp3) is 0.538. The molecule has 0 radical (unpaired) electrons. The third-order valence-electron chi connectivity index (χ3n) is 3.71. The van der Waals surface area contributed by atoms with E-state index in [0.29, 0.717) is 18.2 Å². The molecule has 1 aliphatic heterocycles. The summed E-state index contributed by atoms with van der Waals surface area (Å²) in [6.07, 6.45) is 3.29. The highest BCUT2D eigenvalue weighted by molar-refractivity contribution is 7.20. The summed E-state index contributed by atoms with van der Waals surface area (Å²) >= 11 is 1.34. The van der Waals surface area contributed by atoms with Gasteiger partial charge in [-0.05, 0) is 12.8 Å². The number of morpholine rings is 1. The summed E-state index contributed by atoms with van der Waals surface area (Å²) in [6.45, 7) is 2.77. The molecule has 2 aromatic heterocycles. The topological polar surface area (TPSA) is 88.8 Å². The van der Waals surface area contributed by atoms with E-state index in [4.69, 9.17) is 4.74 Å². The van der Waals surface area contributed by atoms with E-state index in [9.17, 15) is 9.59 Å². The number of nitrogens with one attached hydrogen (secondary N) is 1. The molecule has 0 atom stereocenters. The first-order chi connectivity index (χ1) is 10.7. The number of carbonyl (C=O) groups excluding carboxylic acids is 1. The maximum Gasteiger partial charge on any atom is 0.288 e. The van der Waals surface area contributed by atoms with Crippen LogP contribution in [0.15, 0.2) is 11.0 Å². The van der Waals surface area contributed by atoms with Gasteiger partial charge in [-0.1, -0.05) is 11.3 Å². The molecule has 0 unspecified atom stereocenters. The zero-order valence-corrected chi connectivity index (χ0v) is 12.6. The van der Waals surface area contributed by atoms with Gasteiger partial charge in [-0.25, -0.2) is 4.98 Å². The van der Waals surface area contributed by atoms with Gasteiger partial charge in [-0.2, -0.15) is 4.52 Å².